The summed E-state index contributed by atoms with van der Waals surface area (Å²) in [5.41, 5.74) is 4.32. The summed E-state index contributed by atoms with van der Waals surface area (Å²) in [6.07, 6.45) is -0.236. The zero-order chi connectivity index (χ0) is 25.4. The third-order valence-corrected chi connectivity index (χ3v) is 5.69. The topological polar surface area (TPSA) is 76.7 Å². The van der Waals surface area contributed by atoms with Crippen LogP contribution in [0.4, 0.5) is 11.4 Å². The van der Waals surface area contributed by atoms with Crippen molar-refractivity contribution in [3.63, 3.8) is 0 Å². The molecule has 2 unspecified atom stereocenters. The molecular formula is C29H34N2O4. The molecule has 0 saturated heterocycles. The highest BCUT2D eigenvalue weighted by Crippen LogP contribution is 2.23. The van der Waals surface area contributed by atoms with Gasteiger partial charge in [-0.2, -0.15) is 0 Å². The van der Waals surface area contributed by atoms with Gasteiger partial charge in [0.2, 0.25) is 0 Å². The van der Waals surface area contributed by atoms with Gasteiger partial charge in [-0.05, 0) is 75.6 Å². The molecule has 0 aliphatic carbocycles. The Kier molecular flexibility index (Phi) is 8.90. The molecule has 2 N–H and O–H groups in total. The molecule has 35 heavy (non-hydrogen) atoms. The Hall–Kier alpha value is -3.80. The number of benzene rings is 3. The molecule has 0 saturated carbocycles. The van der Waals surface area contributed by atoms with Crippen LogP contribution in [0.15, 0.2) is 66.7 Å². The molecule has 0 aromatic heterocycles. The van der Waals surface area contributed by atoms with Crippen LogP contribution >= 0.6 is 0 Å². The van der Waals surface area contributed by atoms with Gasteiger partial charge in [-0.15, -0.1) is 0 Å². The van der Waals surface area contributed by atoms with Crippen LogP contribution in [-0.2, 0) is 9.59 Å². The maximum absolute atomic E-state index is 12.9. The lowest BCUT2D eigenvalue weighted by molar-refractivity contribution is -0.123. The monoisotopic (exact) mass is 474 g/mol. The Labute approximate surface area is 207 Å². The number of rotatable bonds is 10. The molecule has 6 nitrogen and oxygen atoms in total. The van der Waals surface area contributed by atoms with Crippen LogP contribution in [0, 0.1) is 20.8 Å². The molecule has 6 heteroatoms. The van der Waals surface area contributed by atoms with E-state index in [1.54, 1.807) is 6.07 Å². The molecule has 3 rings (SSSR count). The van der Waals surface area contributed by atoms with Gasteiger partial charge in [-0.3, -0.25) is 9.59 Å². The summed E-state index contributed by atoms with van der Waals surface area (Å²) in [5, 5.41) is 5.86. The van der Waals surface area contributed by atoms with Crippen molar-refractivity contribution in [2.75, 3.05) is 10.6 Å². The van der Waals surface area contributed by atoms with Crippen molar-refractivity contribution in [2.45, 2.75) is 59.7 Å². The van der Waals surface area contributed by atoms with E-state index in [4.69, 9.17) is 9.47 Å². The van der Waals surface area contributed by atoms with Crippen LogP contribution in [0.25, 0.3) is 0 Å². The van der Waals surface area contributed by atoms with E-state index in [1.165, 1.54) is 0 Å². The zero-order valence-electron chi connectivity index (χ0n) is 21.1. The van der Waals surface area contributed by atoms with Crippen LogP contribution in [0.2, 0.25) is 0 Å². The highest BCUT2D eigenvalue weighted by molar-refractivity contribution is 5.98. The van der Waals surface area contributed by atoms with E-state index >= 15 is 0 Å². The first-order valence-corrected chi connectivity index (χ1v) is 12.0. The van der Waals surface area contributed by atoms with Gasteiger partial charge in [0.05, 0.1) is 0 Å². The van der Waals surface area contributed by atoms with Gasteiger partial charge in [0.1, 0.15) is 11.5 Å². The predicted octanol–water partition coefficient (Wildman–Crippen LogP) is 6.20. The lowest BCUT2D eigenvalue weighted by Gasteiger charge is -2.20. The van der Waals surface area contributed by atoms with Crippen LogP contribution in [0.5, 0.6) is 11.5 Å². The lowest BCUT2D eigenvalue weighted by Crippen LogP contribution is -2.33. The number of carbonyl (C=O) groups is 2. The van der Waals surface area contributed by atoms with Crippen LogP contribution in [0.3, 0.4) is 0 Å². The van der Waals surface area contributed by atoms with E-state index in [0.29, 0.717) is 35.7 Å². The standard InChI is InChI=1S/C29H34N2O4/c1-6-26(34-23-14-8-19(3)9-15-23)28(32)30-22-13-12-21(5)25(18-22)31-29(33)27(7-2)35-24-16-10-20(4)11-17-24/h8-18,26-27H,6-7H2,1-5H3,(H,30,32)(H,31,33). The van der Waals surface area contributed by atoms with Gasteiger partial charge in [0, 0.05) is 11.4 Å². The largest absolute Gasteiger partial charge is 0.481 e. The Morgan fingerprint density at radius 1 is 0.686 bits per heavy atom. The van der Waals surface area contributed by atoms with Gasteiger partial charge in [-0.1, -0.05) is 55.3 Å². The maximum atomic E-state index is 12.9. The second-order valence-electron chi connectivity index (χ2n) is 8.66. The second-order valence-corrected chi connectivity index (χ2v) is 8.66. The molecule has 184 valence electrons. The van der Waals surface area contributed by atoms with E-state index in [1.807, 2.05) is 95.3 Å². The Morgan fingerprint density at radius 3 is 1.60 bits per heavy atom. The first-order valence-electron chi connectivity index (χ1n) is 12.0. The molecule has 0 aliphatic heterocycles. The molecule has 2 amide bonds. The zero-order valence-corrected chi connectivity index (χ0v) is 21.1. The van der Waals surface area contributed by atoms with E-state index in [-0.39, 0.29) is 11.8 Å². The molecule has 0 bridgehead atoms. The molecular weight excluding hydrogens is 440 g/mol. The fourth-order valence-electron chi connectivity index (χ4n) is 3.48. The van der Waals surface area contributed by atoms with Gasteiger partial charge < -0.3 is 20.1 Å². The quantitative estimate of drug-likeness (QED) is 0.367. The van der Waals surface area contributed by atoms with Crippen LogP contribution < -0.4 is 20.1 Å². The van der Waals surface area contributed by atoms with Gasteiger partial charge in [0.25, 0.3) is 11.8 Å². The summed E-state index contributed by atoms with van der Waals surface area (Å²) in [6.45, 7) is 9.70. The molecule has 0 spiro atoms. The van der Waals surface area contributed by atoms with E-state index in [2.05, 4.69) is 10.6 Å². The number of aryl methyl sites for hydroxylation is 3. The smallest absolute Gasteiger partial charge is 0.265 e. The number of anilines is 2. The van der Waals surface area contributed by atoms with Crippen molar-refractivity contribution in [1.29, 1.82) is 0 Å². The number of hydrogen-bond acceptors (Lipinski definition) is 4. The number of hydrogen-bond donors (Lipinski definition) is 2. The minimum atomic E-state index is -0.636. The summed E-state index contributed by atoms with van der Waals surface area (Å²) in [5.74, 6) is 0.806. The van der Waals surface area contributed by atoms with Crippen molar-refractivity contribution >= 4 is 23.2 Å². The van der Waals surface area contributed by atoms with E-state index < -0.39 is 12.2 Å². The molecule has 3 aromatic carbocycles. The van der Waals surface area contributed by atoms with Gasteiger partial charge in [0.15, 0.2) is 12.2 Å². The number of ether oxygens (including phenoxy) is 2. The van der Waals surface area contributed by atoms with E-state index in [9.17, 15) is 9.59 Å². The summed E-state index contributed by atoms with van der Waals surface area (Å²) < 4.78 is 11.8. The minimum Gasteiger partial charge on any atom is -0.481 e. The fraction of sp³-hybridized carbons (Fsp3) is 0.310. The highest BCUT2D eigenvalue weighted by Gasteiger charge is 2.21. The molecule has 0 heterocycles. The van der Waals surface area contributed by atoms with Crippen molar-refractivity contribution in [3.05, 3.63) is 83.4 Å². The van der Waals surface area contributed by atoms with Crippen molar-refractivity contribution in [1.82, 2.24) is 0 Å². The molecule has 0 fully saturated rings. The molecule has 0 radical (unpaired) electrons. The van der Waals surface area contributed by atoms with E-state index in [0.717, 1.165) is 16.7 Å². The third-order valence-electron chi connectivity index (χ3n) is 5.69. The first kappa shape index (κ1) is 25.8. The number of amides is 2. The average Bonchev–Trinajstić information content (AvgIpc) is 2.85. The average molecular weight is 475 g/mol. The van der Waals surface area contributed by atoms with Gasteiger partial charge in [-0.25, -0.2) is 0 Å². The first-order chi connectivity index (χ1) is 16.8. The van der Waals surface area contributed by atoms with Crippen LogP contribution in [0.1, 0.15) is 43.4 Å². The lowest BCUT2D eigenvalue weighted by atomic mass is 10.1. The Morgan fingerprint density at radius 2 is 1.14 bits per heavy atom. The summed E-state index contributed by atoms with van der Waals surface area (Å²) in [7, 11) is 0. The molecule has 2 atom stereocenters. The Balaban J connectivity index is 1.66. The predicted molar refractivity (Wildman–Crippen MR) is 140 cm³/mol. The molecule has 0 aliphatic rings. The number of carbonyl (C=O) groups excluding carboxylic acids is 2. The normalized spacial score (nSPS) is 12.4. The maximum Gasteiger partial charge on any atom is 0.265 e. The number of nitrogens with one attached hydrogen (secondary N) is 2. The molecule has 3 aromatic rings. The second kappa shape index (κ2) is 12.1. The van der Waals surface area contributed by atoms with Gasteiger partial charge >= 0.3 is 0 Å². The Bertz CT molecular complexity index is 1140. The minimum absolute atomic E-state index is 0.242. The van der Waals surface area contributed by atoms with Crippen molar-refractivity contribution < 1.29 is 19.1 Å². The van der Waals surface area contributed by atoms with Crippen molar-refractivity contribution in [2.24, 2.45) is 0 Å². The summed E-state index contributed by atoms with van der Waals surface area (Å²) >= 11 is 0. The van der Waals surface area contributed by atoms with Crippen LogP contribution in [-0.4, -0.2) is 24.0 Å². The van der Waals surface area contributed by atoms with Crippen molar-refractivity contribution in [3.8, 4) is 11.5 Å². The summed E-state index contributed by atoms with van der Waals surface area (Å²) in [4.78, 5) is 25.8. The highest BCUT2D eigenvalue weighted by atomic mass is 16.5. The fourth-order valence-corrected chi connectivity index (χ4v) is 3.48. The summed E-state index contributed by atoms with van der Waals surface area (Å²) in [6, 6.07) is 20.6. The third kappa shape index (κ3) is 7.34. The SMILES string of the molecule is CCC(Oc1ccc(C)cc1)C(=O)Nc1ccc(C)c(NC(=O)C(CC)Oc2ccc(C)cc2)c1.